The summed E-state index contributed by atoms with van der Waals surface area (Å²) in [7, 11) is 0. The zero-order valence-corrected chi connectivity index (χ0v) is 16.1. The molecule has 1 aliphatic heterocycles. The lowest BCUT2D eigenvalue weighted by Gasteiger charge is -2.27. The van der Waals surface area contributed by atoms with Gasteiger partial charge in [-0.1, -0.05) is 23.7 Å². The summed E-state index contributed by atoms with van der Waals surface area (Å²) in [5.41, 5.74) is 1.42. The summed E-state index contributed by atoms with van der Waals surface area (Å²) >= 11 is 6.07. The fraction of sp³-hybridized carbons (Fsp3) is 0.200. The van der Waals surface area contributed by atoms with E-state index in [0.717, 1.165) is 0 Å². The van der Waals surface area contributed by atoms with Crippen molar-refractivity contribution >= 4 is 23.4 Å². The maximum absolute atomic E-state index is 14.1. The summed E-state index contributed by atoms with van der Waals surface area (Å²) in [4.78, 5) is 30.9. The Morgan fingerprint density at radius 3 is 2.83 bits per heavy atom. The minimum atomic E-state index is -0.459. The lowest BCUT2D eigenvalue weighted by atomic mass is 10.1. The standard InChI is InChI=1S/C20H17ClFN5O2/c21-15-5-3-6-16(22)14(15)12-26-8-9-27-18(20(26)29)10-17(25-27)19(28)24-11-13-4-1-2-7-23-13/h1-7,10H,8-9,11-12H2,(H,24,28). The molecule has 0 saturated carbocycles. The van der Waals surface area contributed by atoms with Gasteiger partial charge < -0.3 is 10.2 Å². The van der Waals surface area contributed by atoms with Crippen LogP contribution in [0.3, 0.4) is 0 Å². The number of hydrogen-bond acceptors (Lipinski definition) is 4. The summed E-state index contributed by atoms with van der Waals surface area (Å²) in [5, 5.41) is 7.23. The second-order valence-electron chi connectivity index (χ2n) is 6.57. The predicted octanol–water partition coefficient (Wildman–Crippen LogP) is 2.66. The number of carbonyl (C=O) groups is 2. The molecule has 7 nitrogen and oxygen atoms in total. The van der Waals surface area contributed by atoms with Crippen LogP contribution in [0.1, 0.15) is 32.2 Å². The number of aromatic nitrogens is 3. The van der Waals surface area contributed by atoms with Crippen LogP contribution >= 0.6 is 11.6 Å². The highest BCUT2D eigenvalue weighted by molar-refractivity contribution is 6.31. The van der Waals surface area contributed by atoms with Crippen molar-refractivity contribution in [1.82, 2.24) is 25.0 Å². The predicted molar refractivity (Wildman–Crippen MR) is 104 cm³/mol. The molecule has 1 N–H and O–H groups in total. The van der Waals surface area contributed by atoms with Gasteiger partial charge in [-0.15, -0.1) is 0 Å². The molecule has 0 unspecified atom stereocenters. The minimum Gasteiger partial charge on any atom is -0.345 e. The number of nitrogens with one attached hydrogen (secondary N) is 1. The molecule has 0 saturated heterocycles. The molecule has 29 heavy (non-hydrogen) atoms. The van der Waals surface area contributed by atoms with E-state index in [-0.39, 0.29) is 41.0 Å². The van der Waals surface area contributed by atoms with Crippen LogP contribution in [0.15, 0.2) is 48.7 Å². The third kappa shape index (κ3) is 3.97. The zero-order chi connectivity index (χ0) is 20.4. The minimum absolute atomic E-state index is 0.0523. The molecule has 0 radical (unpaired) electrons. The Kier molecular flexibility index (Phi) is 5.26. The summed E-state index contributed by atoms with van der Waals surface area (Å²) in [6, 6.07) is 11.3. The van der Waals surface area contributed by atoms with Crippen molar-refractivity contribution in [2.75, 3.05) is 6.54 Å². The van der Waals surface area contributed by atoms with E-state index in [2.05, 4.69) is 15.4 Å². The van der Waals surface area contributed by atoms with E-state index >= 15 is 0 Å². The third-order valence-corrected chi connectivity index (χ3v) is 5.02. The molecule has 1 aliphatic rings. The molecule has 0 aliphatic carbocycles. The number of pyridine rings is 1. The van der Waals surface area contributed by atoms with Crippen LogP contribution < -0.4 is 5.32 Å². The smallest absolute Gasteiger partial charge is 0.272 e. The summed E-state index contributed by atoms with van der Waals surface area (Å²) in [5.74, 6) is -1.18. The molecule has 148 valence electrons. The van der Waals surface area contributed by atoms with Crippen molar-refractivity contribution in [3.8, 4) is 0 Å². The third-order valence-electron chi connectivity index (χ3n) is 4.67. The number of nitrogens with zero attached hydrogens (tertiary/aromatic N) is 4. The molecule has 9 heteroatoms. The van der Waals surface area contributed by atoms with E-state index < -0.39 is 11.7 Å². The van der Waals surface area contributed by atoms with Gasteiger partial charge in [0.25, 0.3) is 11.8 Å². The van der Waals surface area contributed by atoms with Gasteiger partial charge in [-0.2, -0.15) is 5.10 Å². The first-order valence-corrected chi connectivity index (χ1v) is 9.39. The molecule has 4 rings (SSSR count). The zero-order valence-electron chi connectivity index (χ0n) is 15.3. The van der Waals surface area contributed by atoms with E-state index in [1.54, 1.807) is 24.4 Å². The number of amides is 2. The Hall–Kier alpha value is -3.26. The number of fused-ring (bicyclic) bond motifs is 1. The fourth-order valence-corrected chi connectivity index (χ4v) is 3.36. The van der Waals surface area contributed by atoms with E-state index in [9.17, 15) is 14.0 Å². The Balaban J connectivity index is 1.47. The number of halogens is 2. The van der Waals surface area contributed by atoms with Crippen LogP contribution in [0.4, 0.5) is 4.39 Å². The van der Waals surface area contributed by atoms with Crippen molar-refractivity contribution < 1.29 is 14.0 Å². The summed E-state index contributed by atoms with van der Waals surface area (Å²) in [6.07, 6.45) is 1.64. The van der Waals surface area contributed by atoms with E-state index in [1.807, 2.05) is 6.07 Å². The monoisotopic (exact) mass is 413 g/mol. The normalized spacial score (nSPS) is 13.3. The highest BCUT2D eigenvalue weighted by Gasteiger charge is 2.29. The number of benzene rings is 1. The van der Waals surface area contributed by atoms with Gasteiger partial charge in [-0.3, -0.25) is 19.3 Å². The summed E-state index contributed by atoms with van der Waals surface area (Å²) in [6.45, 7) is 1.05. The maximum Gasteiger partial charge on any atom is 0.272 e. The molecule has 0 atom stereocenters. The number of hydrogen-bond donors (Lipinski definition) is 1. The van der Waals surface area contributed by atoms with E-state index in [0.29, 0.717) is 18.8 Å². The Bertz CT molecular complexity index is 1050. The number of carbonyl (C=O) groups excluding carboxylic acids is 2. The molecule has 2 amide bonds. The van der Waals surface area contributed by atoms with Gasteiger partial charge in [-0.05, 0) is 24.3 Å². The lowest BCUT2D eigenvalue weighted by molar-refractivity contribution is 0.0681. The molecule has 3 heterocycles. The molecular formula is C20H17ClFN5O2. The second kappa shape index (κ2) is 8.00. The Morgan fingerprint density at radius 2 is 2.07 bits per heavy atom. The molecular weight excluding hydrogens is 397 g/mol. The van der Waals surface area contributed by atoms with Gasteiger partial charge in [0.1, 0.15) is 11.5 Å². The quantitative estimate of drug-likeness (QED) is 0.697. The van der Waals surface area contributed by atoms with Crippen molar-refractivity contribution in [3.05, 3.63) is 82.1 Å². The van der Waals surface area contributed by atoms with Crippen LogP contribution in [0.2, 0.25) is 5.02 Å². The second-order valence-corrected chi connectivity index (χ2v) is 6.98. The van der Waals surface area contributed by atoms with Gasteiger partial charge in [-0.25, -0.2) is 4.39 Å². The molecule has 3 aromatic rings. The Labute approximate surface area is 171 Å². The van der Waals surface area contributed by atoms with Gasteiger partial charge in [0, 0.05) is 29.4 Å². The van der Waals surface area contributed by atoms with Crippen LogP contribution in [-0.2, 0) is 19.6 Å². The highest BCUT2D eigenvalue weighted by atomic mass is 35.5. The van der Waals surface area contributed by atoms with Gasteiger partial charge in [0.2, 0.25) is 0 Å². The molecule has 0 bridgehead atoms. The van der Waals surface area contributed by atoms with Crippen molar-refractivity contribution in [2.45, 2.75) is 19.6 Å². The van der Waals surface area contributed by atoms with Gasteiger partial charge in [0.05, 0.1) is 25.3 Å². The van der Waals surface area contributed by atoms with Gasteiger partial charge >= 0.3 is 0 Å². The highest BCUT2D eigenvalue weighted by Crippen LogP contribution is 2.23. The lowest BCUT2D eigenvalue weighted by Crippen LogP contribution is -2.40. The summed E-state index contributed by atoms with van der Waals surface area (Å²) < 4.78 is 15.6. The SMILES string of the molecule is O=C(NCc1ccccn1)c1cc2n(n1)CCN(Cc1c(F)cccc1Cl)C2=O. The van der Waals surface area contributed by atoms with Crippen LogP contribution in [0, 0.1) is 5.82 Å². The first kappa shape index (κ1) is 19.1. The first-order valence-electron chi connectivity index (χ1n) is 9.01. The van der Waals surface area contributed by atoms with E-state index in [1.165, 1.54) is 27.8 Å². The first-order chi connectivity index (χ1) is 14.0. The van der Waals surface area contributed by atoms with Crippen molar-refractivity contribution in [3.63, 3.8) is 0 Å². The molecule has 2 aromatic heterocycles. The number of rotatable bonds is 5. The maximum atomic E-state index is 14.1. The van der Waals surface area contributed by atoms with Crippen LogP contribution in [-0.4, -0.2) is 38.0 Å². The molecule has 1 aromatic carbocycles. The van der Waals surface area contributed by atoms with E-state index in [4.69, 9.17) is 11.6 Å². The van der Waals surface area contributed by atoms with Crippen molar-refractivity contribution in [1.29, 1.82) is 0 Å². The fourth-order valence-electron chi connectivity index (χ4n) is 3.14. The van der Waals surface area contributed by atoms with Crippen LogP contribution in [0.25, 0.3) is 0 Å². The molecule has 0 spiro atoms. The largest absolute Gasteiger partial charge is 0.345 e. The average Bonchev–Trinajstić information content (AvgIpc) is 3.17. The molecule has 0 fully saturated rings. The topological polar surface area (TPSA) is 80.1 Å². The van der Waals surface area contributed by atoms with Crippen LogP contribution in [0.5, 0.6) is 0 Å². The van der Waals surface area contributed by atoms with Gasteiger partial charge in [0.15, 0.2) is 5.69 Å². The van der Waals surface area contributed by atoms with Crippen molar-refractivity contribution in [2.24, 2.45) is 0 Å². The average molecular weight is 414 g/mol. The Morgan fingerprint density at radius 1 is 1.21 bits per heavy atom.